The molecular formula is C22H33N7O2. The van der Waals surface area contributed by atoms with Gasteiger partial charge in [0.2, 0.25) is 0 Å². The fourth-order valence-corrected chi connectivity index (χ4v) is 4.79. The van der Waals surface area contributed by atoms with Crippen molar-refractivity contribution in [2.75, 3.05) is 5.32 Å². The van der Waals surface area contributed by atoms with Crippen LogP contribution in [0.4, 0.5) is 10.6 Å². The van der Waals surface area contributed by atoms with E-state index in [0.717, 1.165) is 23.8 Å². The Morgan fingerprint density at radius 2 is 1.90 bits per heavy atom. The number of carbonyl (C=O) groups is 1. The predicted octanol–water partition coefficient (Wildman–Crippen LogP) is 4.15. The van der Waals surface area contributed by atoms with Crippen molar-refractivity contribution < 1.29 is 9.90 Å². The van der Waals surface area contributed by atoms with E-state index in [4.69, 9.17) is 10.5 Å². The van der Waals surface area contributed by atoms with E-state index in [2.05, 4.69) is 44.0 Å². The number of hydrogen-bond acceptors (Lipinski definition) is 6. The third-order valence-electron chi connectivity index (χ3n) is 7.05. The van der Waals surface area contributed by atoms with Crippen LogP contribution in [-0.2, 0) is 6.54 Å². The molecule has 4 rings (SSSR count). The molecule has 2 fully saturated rings. The number of carboxylic acid groups (broad SMARTS) is 1. The Bertz CT molecular complexity index is 974. The molecule has 4 N–H and O–H groups in total. The van der Waals surface area contributed by atoms with Crippen molar-refractivity contribution in [2.45, 2.75) is 78.3 Å². The van der Waals surface area contributed by atoms with Gasteiger partial charge < -0.3 is 15.0 Å². The second kappa shape index (κ2) is 8.80. The smallest absolute Gasteiger partial charge is 0.410 e. The summed E-state index contributed by atoms with van der Waals surface area (Å²) in [6, 6.07) is 0.237. The quantitative estimate of drug-likeness (QED) is 0.405. The van der Waals surface area contributed by atoms with E-state index in [1.165, 1.54) is 44.9 Å². The lowest BCUT2D eigenvalue weighted by atomic mass is 9.80. The van der Waals surface area contributed by atoms with E-state index in [-0.39, 0.29) is 17.7 Å². The maximum Gasteiger partial charge on any atom is 0.410 e. The van der Waals surface area contributed by atoms with Gasteiger partial charge in [-0.2, -0.15) is 0 Å². The second-order valence-corrected chi connectivity index (χ2v) is 9.39. The van der Waals surface area contributed by atoms with Gasteiger partial charge in [-0.05, 0) is 57.3 Å². The van der Waals surface area contributed by atoms with E-state index in [9.17, 15) is 4.79 Å². The van der Waals surface area contributed by atoms with Crippen LogP contribution in [0.5, 0.6) is 0 Å². The average Bonchev–Trinajstić information content (AvgIpc) is 2.97. The van der Waals surface area contributed by atoms with Crippen molar-refractivity contribution in [1.29, 1.82) is 5.41 Å². The van der Waals surface area contributed by atoms with Gasteiger partial charge in [-0.3, -0.25) is 10.7 Å². The van der Waals surface area contributed by atoms with Crippen LogP contribution in [-0.4, -0.2) is 42.6 Å². The molecule has 31 heavy (non-hydrogen) atoms. The van der Waals surface area contributed by atoms with Gasteiger partial charge in [0.1, 0.15) is 11.3 Å². The van der Waals surface area contributed by atoms with Gasteiger partial charge in [0.15, 0.2) is 23.1 Å². The van der Waals surface area contributed by atoms with E-state index >= 15 is 0 Å². The minimum absolute atomic E-state index is 0.0364. The first-order valence-corrected chi connectivity index (χ1v) is 11.4. The summed E-state index contributed by atoms with van der Waals surface area (Å²) < 4.78 is 2.21. The highest BCUT2D eigenvalue weighted by atomic mass is 16.4. The topological polar surface area (TPSA) is 129 Å². The number of nitrogens with one attached hydrogen (secondary N) is 3. The number of aromatic nitrogens is 4. The number of fused-ring (bicyclic) bond motifs is 1. The Hall–Kier alpha value is -2.71. The molecule has 2 heterocycles. The largest absolute Gasteiger partial charge is 0.465 e. The molecule has 2 aliphatic carbocycles. The lowest BCUT2D eigenvalue weighted by Gasteiger charge is -2.32. The molecule has 2 aromatic heterocycles. The predicted molar refractivity (Wildman–Crippen MR) is 120 cm³/mol. The fourth-order valence-electron chi connectivity index (χ4n) is 4.79. The van der Waals surface area contributed by atoms with Crippen molar-refractivity contribution in [2.24, 2.45) is 17.8 Å². The van der Waals surface area contributed by atoms with Crippen molar-refractivity contribution in [3.05, 3.63) is 11.6 Å². The van der Waals surface area contributed by atoms with E-state index in [1.807, 2.05) is 6.92 Å². The zero-order chi connectivity index (χ0) is 22.1. The first kappa shape index (κ1) is 21.5. The van der Waals surface area contributed by atoms with Crippen molar-refractivity contribution in [3.63, 3.8) is 0 Å². The summed E-state index contributed by atoms with van der Waals surface area (Å²) in [5.41, 5.74) is 1.36. The van der Waals surface area contributed by atoms with Crippen LogP contribution in [0.2, 0.25) is 0 Å². The van der Waals surface area contributed by atoms with Gasteiger partial charge in [0.05, 0.1) is 0 Å². The molecule has 0 spiro atoms. The van der Waals surface area contributed by atoms with Gasteiger partial charge in [-0.1, -0.05) is 26.2 Å². The molecule has 2 aliphatic rings. The van der Waals surface area contributed by atoms with Gasteiger partial charge >= 0.3 is 6.09 Å². The molecule has 9 heteroatoms. The summed E-state index contributed by atoms with van der Waals surface area (Å²) in [7, 11) is 0. The zero-order valence-electron chi connectivity index (χ0n) is 18.6. The molecule has 0 radical (unpaired) electrons. The average molecular weight is 428 g/mol. The Labute approximate surface area is 182 Å². The van der Waals surface area contributed by atoms with Gasteiger partial charge in [-0.25, -0.2) is 19.7 Å². The highest BCUT2D eigenvalue weighted by Crippen LogP contribution is 2.34. The third kappa shape index (κ3) is 4.65. The lowest BCUT2D eigenvalue weighted by Crippen LogP contribution is -2.33. The summed E-state index contributed by atoms with van der Waals surface area (Å²) in [6.07, 6.45) is 7.30. The molecule has 0 saturated heterocycles. The molecule has 1 atom stereocenters. The maximum absolute atomic E-state index is 11.0. The van der Waals surface area contributed by atoms with E-state index in [1.54, 1.807) is 0 Å². The van der Waals surface area contributed by atoms with Gasteiger partial charge in [0, 0.05) is 12.6 Å². The Morgan fingerprint density at radius 3 is 2.52 bits per heavy atom. The number of amides is 1. The van der Waals surface area contributed by atoms with Crippen LogP contribution >= 0.6 is 0 Å². The first-order valence-electron chi connectivity index (χ1n) is 11.4. The molecule has 0 aromatic carbocycles. The molecule has 2 aromatic rings. The van der Waals surface area contributed by atoms with E-state index < -0.39 is 6.09 Å². The highest BCUT2D eigenvalue weighted by molar-refractivity contribution is 6.03. The minimum Gasteiger partial charge on any atom is -0.465 e. The molecule has 0 bridgehead atoms. The summed E-state index contributed by atoms with van der Waals surface area (Å²) in [5.74, 6) is 3.21. The lowest BCUT2D eigenvalue weighted by molar-refractivity contribution is 0.200. The summed E-state index contributed by atoms with van der Waals surface area (Å²) in [6.45, 7) is 7.35. The van der Waals surface area contributed by atoms with Crippen molar-refractivity contribution in [1.82, 2.24) is 24.8 Å². The Kier molecular flexibility index (Phi) is 6.11. The van der Waals surface area contributed by atoms with Gasteiger partial charge in [-0.15, -0.1) is 0 Å². The normalized spacial score (nSPS) is 22.7. The van der Waals surface area contributed by atoms with Crippen LogP contribution in [0, 0.1) is 30.1 Å². The van der Waals surface area contributed by atoms with Crippen LogP contribution in [0.1, 0.15) is 70.4 Å². The third-order valence-corrected chi connectivity index (χ3v) is 7.05. The molecule has 0 unspecified atom stereocenters. The first-order chi connectivity index (χ1) is 14.8. The molecular weight excluding hydrogens is 394 g/mol. The maximum atomic E-state index is 11.0. The summed E-state index contributed by atoms with van der Waals surface area (Å²) >= 11 is 0. The summed E-state index contributed by atoms with van der Waals surface area (Å²) in [4.78, 5) is 24.7. The fraction of sp³-hybridized carbons (Fsp3) is 0.682. The number of nitrogens with zero attached hydrogens (tertiary/aromatic N) is 4. The second-order valence-electron chi connectivity index (χ2n) is 9.39. The van der Waals surface area contributed by atoms with Gasteiger partial charge in [0.25, 0.3) is 0 Å². The van der Waals surface area contributed by atoms with Crippen molar-refractivity contribution >= 4 is 28.9 Å². The molecule has 168 valence electrons. The number of anilines is 1. The number of imidazole rings is 1. The van der Waals surface area contributed by atoms with Crippen molar-refractivity contribution in [3.8, 4) is 0 Å². The Morgan fingerprint density at radius 1 is 1.19 bits per heavy atom. The van der Waals surface area contributed by atoms with E-state index in [0.29, 0.717) is 23.3 Å². The summed E-state index contributed by atoms with van der Waals surface area (Å²) in [5, 5.41) is 22.6. The number of aryl methyl sites for hydroxylation is 1. The number of rotatable bonds is 6. The van der Waals surface area contributed by atoms with Crippen LogP contribution < -0.4 is 10.6 Å². The monoisotopic (exact) mass is 427 g/mol. The molecule has 0 aliphatic heterocycles. The standard InChI is InChI=1S/C22H33N7O2/c1-12-7-9-15(10-8-12)11-29-14(3)25-20-17(29)19(24-13(2)16-5-4-6-16)27-21(28-20)18(23)26-22(30)31/h12-13,15-16H,4-11H2,1-3H3,(H2,23,26)(H,30,31)(H,24,27,28)/t12-,13-,15-/m1/s1. The number of amidine groups is 1. The molecule has 2 saturated carbocycles. The molecule has 1 amide bonds. The molecule has 9 nitrogen and oxygen atoms in total. The highest BCUT2D eigenvalue weighted by Gasteiger charge is 2.27. The van der Waals surface area contributed by atoms with Crippen LogP contribution in [0.15, 0.2) is 0 Å². The van der Waals surface area contributed by atoms with Crippen LogP contribution in [0.3, 0.4) is 0 Å². The SMILES string of the molecule is Cc1nc2nc(C(=N)NC(=O)O)nc(N[C@H](C)C3CCC3)c2n1C[C@H]1CC[C@H](C)CC1. The van der Waals surface area contributed by atoms with Crippen LogP contribution in [0.25, 0.3) is 11.2 Å². The zero-order valence-corrected chi connectivity index (χ0v) is 18.6. The minimum atomic E-state index is -1.31. The Balaban J connectivity index is 1.70. The number of hydrogen-bond donors (Lipinski definition) is 4.